The zero-order chi connectivity index (χ0) is 11.7. The van der Waals surface area contributed by atoms with E-state index in [4.69, 9.17) is 14.2 Å². The van der Waals surface area contributed by atoms with Gasteiger partial charge in [-0.2, -0.15) is 0 Å². The van der Waals surface area contributed by atoms with Gasteiger partial charge in [-0.1, -0.05) is 0 Å². The molecule has 0 radical (unpaired) electrons. The van der Waals surface area contributed by atoms with Crippen LogP contribution in [0.3, 0.4) is 0 Å². The summed E-state index contributed by atoms with van der Waals surface area (Å²) in [6.07, 6.45) is -0.107. The van der Waals surface area contributed by atoms with Gasteiger partial charge in [-0.25, -0.2) is 0 Å². The maximum Gasteiger partial charge on any atom is 0.316 e. The first-order valence-corrected chi connectivity index (χ1v) is 5.24. The molecule has 0 aromatic rings. The molecule has 0 saturated carbocycles. The molecule has 0 N–H and O–H groups in total. The monoisotopic (exact) mass is 216 g/mol. The highest BCUT2D eigenvalue weighted by Gasteiger charge is 2.43. The number of ether oxygens (including phenoxy) is 3. The average Bonchev–Trinajstić information content (AvgIpc) is 2.09. The van der Waals surface area contributed by atoms with Crippen LogP contribution in [0.2, 0.25) is 0 Å². The fourth-order valence-electron chi connectivity index (χ4n) is 1.22. The highest BCUT2D eigenvalue weighted by atomic mass is 16.7. The van der Waals surface area contributed by atoms with Crippen molar-refractivity contribution in [1.29, 1.82) is 0 Å². The van der Waals surface area contributed by atoms with E-state index in [-0.39, 0.29) is 12.1 Å². The van der Waals surface area contributed by atoms with E-state index >= 15 is 0 Å². The van der Waals surface area contributed by atoms with Gasteiger partial charge in [0.1, 0.15) is 5.41 Å². The van der Waals surface area contributed by atoms with E-state index in [1.807, 2.05) is 27.7 Å². The van der Waals surface area contributed by atoms with E-state index in [9.17, 15) is 4.79 Å². The SMILES string of the molecule is CC(C)OC(=O)C1(C)COC(C)(C)OC1. The van der Waals surface area contributed by atoms with E-state index in [1.54, 1.807) is 6.92 Å². The Morgan fingerprint density at radius 1 is 1.20 bits per heavy atom. The molecule has 0 aromatic carbocycles. The van der Waals surface area contributed by atoms with Gasteiger partial charge < -0.3 is 14.2 Å². The predicted octanol–water partition coefficient (Wildman–Crippen LogP) is 1.73. The van der Waals surface area contributed by atoms with Crippen LogP contribution in [0.1, 0.15) is 34.6 Å². The summed E-state index contributed by atoms with van der Waals surface area (Å²) in [6, 6.07) is 0. The van der Waals surface area contributed by atoms with Crippen molar-refractivity contribution in [3.63, 3.8) is 0 Å². The third-order valence-corrected chi connectivity index (χ3v) is 2.31. The molecule has 0 bridgehead atoms. The minimum Gasteiger partial charge on any atom is -0.462 e. The molecule has 1 fully saturated rings. The first-order chi connectivity index (χ1) is 6.75. The van der Waals surface area contributed by atoms with Gasteiger partial charge in [0.05, 0.1) is 19.3 Å². The molecular weight excluding hydrogens is 196 g/mol. The summed E-state index contributed by atoms with van der Waals surface area (Å²) in [5.41, 5.74) is -0.681. The number of hydrogen-bond acceptors (Lipinski definition) is 4. The van der Waals surface area contributed by atoms with Crippen LogP contribution in [0, 0.1) is 5.41 Å². The van der Waals surface area contributed by atoms with E-state index in [0.29, 0.717) is 13.2 Å². The molecule has 4 heteroatoms. The maximum absolute atomic E-state index is 11.8. The lowest BCUT2D eigenvalue weighted by molar-refractivity contribution is -0.282. The molecule has 15 heavy (non-hydrogen) atoms. The fourth-order valence-corrected chi connectivity index (χ4v) is 1.22. The average molecular weight is 216 g/mol. The lowest BCUT2D eigenvalue weighted by atomic mass is 9.92. The molecule has 88 valence electrons. The highest BCUT2D eigenvalue weighted by molar-refractivity contribution is 5.77. The lowest BCUT2D eigenvalue weighted by Crippen LogP contribution is -2.50. The number of esters is 1. The molecule has 0 aromatic heterocycles. The zero-order valence-corrected chi connectivity index (χ0v) is 10.1. The smallest absolute Gasteiger partial charge is 0.316 e. The summed E-state index contributed by atoms with van der Waals surface area (Å²) in [7, 11) is 0. The van der Waals surface area contributed by atoms with Crippen molar-refractivity contribution in [3.8, 4) is 0 Å². The van der Waals surface area contributed by atoms with Gasteiger partial charge >= 0.3 is 5.97 Å². The second-order valence-electron chi connectivity index (χ2n) is 4.99. The van der Waals surface area contributed by atoms with Crippen molar-refractivity contribution in [2.75, 3.05) is 13.2 Å². The second kappa shape index (κ2) is 4.10. The largest absolute Gasteiger partial charge is 0.462 e. The van der Waals surface area contributed by atoms with Crippen molar-refractivity contribution in [1.82, 2.24) is 0 Å². The quantitative estimate of drug-likeness (QED) is 0.659. The third-order valence-electron chi connectivity index (χ3n) is 2.31. The predicted molar refractivity (Wildman–Crippen MR) is 55.3 cm³/mol. The number of carbonyl (C=O) groups excluding carboxylic acids is 1. The van der Waals surface area contributed by atoms with Gasteiger partial charge in [-0.05, 0) is 34.6 Å². The molecular formula is C11H20O4. The van der Waals surface area contributed by atoms with Crippen molar-refractivity contribution in [3.05, 3.63) is 0 Å². The zero-order valence-electron chi connectivity index (χ0n) is 10.1. The summed E-state index contributed by atoms with van der Waals surface area (Å²) in [5.74, 6) is -0.856. The van der Waals surface area contributed by atoms with Crippen molar-refractivity contribution in [2.45, 2.75) is 46.5 Å². The Balaban J connectivity index is 2.58. The normalized spacial score (nSPS) is 23.9. The minimum absolute atomic E-state index is 0.107. The Hall–Kier alpha value is -0.610. The summed E-state index contributed by atoms with van der Waals surface area (Å²) in [4.78, 5) is 11.8. The number of carbonyl (C=O) groups is 1. The number of rotatable bonds is 2. The summed E-state index contributed by atoms with van der Waals surface area (Å²) in [5, 5.41) is 0. The molecule has 1 aliphatic heterocycles. The molecule has 1 saturated heterocycles. The van der Waals surface area contributed by atoms with Crippen LogP contribution in [0.4, 0.5) is 0 Å². The summed E-state index contributed by atoms with van der Waals surface area (Å²) in [6.45, 7) is 9.80. The Bertz CT molecular complexity index is 235. The van der Waals surface area contributed by atoms with Gasteiger partial charge in [0, 0.05) is 0 Å². The molecule has 1 heterocycles. The molecule has 0 amide bonds. The fraction of sp³-hybridized carbons (Fsp3) is 0.909. The van der Waals surface area contributed by atoms with Crippen molar-refractivity contribution in [2.24, 2.45) is 5.41 Å². The van der Waals surface area contributed by atoms with Gasteiger partial charge in [-0.3, -0.25) is 4.79 Å². The summed E-state index contributed by atoms with van der Waals surface area (Å²) >= 11 is 0. The van der Waals surface area contributed by atoms with E-state index in [1.165, 1.54) is 0 Å². The second-order valence-corrected chi connectivity index (χ2v) is 4.99. The first-order valence-electron chi connectivity index (χ1n) is 5.24. The lowest BCUT2D eigenvalue weighted by Gasteiger charge is -2.39. The molecule has 1 aliphatic rings. The van der Waals surface area contributed by atoms with E-state index < -0.39 is 11.2 Å². The van der Waals surface area contributed by atoms with Crippen molar-refractivity contribution < 1.29 is 19.0 Å². The van der Waals surface area contributed by atoms with Gasteiger partial charge in [-0.15, -0.1) is 0 Å². The Morgan fingerprint density at radius 2 is 1.67 bits per heavy atom. The van der Waals surface area contributed by atoms with Crippen LogP contribution in [-0.4, -0.2) is 31.1 Å². The van der Waals surface area contributed by atoms with Crippen molar-refractivity contribution >= 4 is 5.97 Å². The maximum atomic E-state index is 11.8. The first kappa shape index (κ1) is 12.5. The highest BCUT2D eigenvalue weighted by Crippen LogP contribution is 2.30. The van der Waals surface area contributed by atoms with Crippen LogP contribution in [0.15, 0.2) is 0 Å². The molecule has 0 unspecified atom stereocenters. The molecule has 1 rings (SSSR count). The minimum atomic E-state index is -0.681. The Kier molecular flexibility index (Phi) is 3.41. The van der Waals surface area contributed by atoms with Crippen LogP contribution in [-0.2, 0) is 19.0 Å². The third kappa shape index (κ3) is 3.18. The molecule has 0 atom stereocenters. The van der Waals surface area contributed by atoms with Crippen LogP contribution in [0.25, 0.3) is 0 Å². The Morgan fingerprint density at radius 3 is 2.07 bits per heavy atom. The molecule has 0 spiro atoms. The topological polar surface area (TPSA) is 44.8 Å². The van der Waals surface area contributed by atoms with E-state index in [0.717, 1.165) is 0 Å². The summed E-state index contributed by atoms with van der Waals surface area (Å²) < 4.78 is 16.1. The standard InChI is InChI=1S/C11H20O4/c1-8(2)15-9(12)11(5)6-13-10(3,4)14-7-11/h8H,6-7H2,1-5H3. The van der Waals surface area contributed by atoms with E-state index in [2.05, 4.69) is 0 Å². The Labute approximate surface area is 90.9 Å². The number of hydrogen-bond donors (Lipinski definition) is 0. The van der Waals surface area contributed by atoms with Gasteiger partial charge in [0.2, 0.25) is 0 Å². The molecule has 4 nitrogen and oxygen atoms in total. The van der Waals surface area contributed by atoms with Crippen LogP contribution >= 0.6 is 0 Å². The van der Waals surface area contributed by atoms with Crippen LogP contribution in [0.5, 0.6) is 0 Å². The molecule has 0 aliphatic carbocycles. The van der Waals surface area contributed by atoms with Gasteiger partial charge in [0.15, 0.2) is 5.79 Å². The van der Waals surface area contributed by atoms with Gasteiger partial charge in [0.25, 0.3) is 0 Å². The van der Waals surface area contributed by atoms with Crippen LogP contribution < -0.4 is 0 Å².